The molecular formula is C15H25NO3. The smallest absolute Gasteiger partial charge is 0.119 e. The molecule has 0 fully saturated rings. The van der Waals surface area contributed by atoms with Crippen LogP contribution < -0.4 is 10.1 Å². The number of benzene rings is 1. The van der Waals surface area contributed by atoms with Crippen LogP contribution in [-0.4, -0.2) is 44.0 Å². The van der Waals surface area contributed by atoms with Crippen molar-refractivity contribution in [2.24, 2.45) is 0 Å². The Bertz CT molecular complexity index is 676. The Kier molecular flexibility index (Phi) is 3.08. The van der Waals surface area contributed by atoms with Gasteiger partial charge in [-0.05, 0) is 24.1 Å². The topological polar surface area (TPSA) is 50.7 Å². The average Bonchev–Trinajstić information content (AvgIpc) is 2.58. The molecule has 2 atom stereocenters. The Morgan fingerprint density at radius 2 is 2.21 bits per heavy atom. The van der Waals surface area contributed by atoms with Crippen LogP contribution in [0.3, 0.4) is 0 Å². The second-order valence-electron chi connectivity index (χ2n) is 3.71. The minimum absolute atomic E-state index is 0.0911. The van der Waals surface area contributed by atoms with E-state index in [1.54, 1.807) is 0 Å². The third-order valence-corrected chi connectivity index (χ3v) is 2.01. The summed E-state index contributed by atoms with van der Waals surface area (Å²) in [5.74, 6) is -0.151. The van der Waals surface area contributed by atoms with Gasteiger partial charge in [0.15, 0.2) is 0 Å². The van der Waals surface area contributed by atoms with Gasteiger partial charge < -0.3 is 19.9 Å². The molecular weight excluding hydrogens is 242 g/mol. The third-order valence-electron chi connectivity index (χ3n) is 2.01. The highest BCUT2D eigenvalue weighted by Crippen LogP contribution is 2.12. The standard InChI is InChI=1S/C15H25NO3/c1-12(2)16-10-14(17)11-19-15-6-4-13(5-7-15)8-9-18-3/h4-7,12,14,16-17H,8-11H2,1-3H3/i1D3,8D2,9D2,11D2,14D. The summed E-state index contributed by atoms with van der Waals surface area (Å²) in [6, 6.07) is 3.56. The van der Waals surface area contributed by atoms with Gasteiger partial charge in [0.1, 0.15) is 18.4 Å². The summed E-state index contributed by atoms with van der Waals surface area (Å²) < 4.78 is 85.8. The van der Waals surface area contributed by atoms with Gasteiger partial charge in [0.25, 0.3) is 0 Å². The Morgan fingerprint density at radius 3 is 2.84 bits per heavy atom. The number of rotatable bonds is 9. The maximum Gasteiger partial charge on any atom is 0.119 e. The van der Waals surface area contributed by atoms with Gasteiger partial charge in [-0.3, -0.25) is 0 Å². The molecule has 0 radical (unpaired) electrons. The van der Waals surface area contributed by atoms with Crippen LogP contribution in [0.1, 0.15) is 33.0 Å². The number of hydrogen-bond donors (Lipinski definition) is 2. The van der Waals surface area contributed by atoms with Crippen molar-refractivity contribution in [2.75, 3.05) is 26.8 Å². The molecule has 0 spiro atoms. The first-order valence-corrected chi connectivity index (χ1v) is 5.68. The van der Waals surface area contributed by atoms with E-state index < -0.39 is 45.0 Å². The zero-order chi connectivity index (χ0) is 22.9. The summed E-state index contributed by atoms with van der Waals surface area (Å²) in [6.07, 6.45) is -5.35. The Balaban J connectivity index is 2.93. The zero-order valence-electron chi connectivity index (χ0n) is 20.9. The second-order valence-corrected chi connectivity index (χ2v) is 3.71. The molecule has 0 aliphatic rings. The second kappa shape index (κ2) is 8.91. The molecule has 2 N–H and O–H groups in total. The summed E-state index contributed by atoms with van der Waals surface area (Å²) in [4.78, 5) is 0. The van der Waals surface area contributed by atoms with E-state index in [9.17, 15) is 5.11 Å². The molecule has 2 unspecified atom stereocenters. The Labute approximate surface area is 129 Å². The number of nitrogens with one attached hydrogen (secondary N) is 1. The quantitative estimate of drug-likeness (QED) is 0.720. The first kappa shape index (κ1) is 6.57. The zero-order valence-corrected chi connectivity index (χ0v) is 10.9. The minimum Gasteiger partial charge on any atom is -0.491 e. The van der Waals surface area contributed by atoms with Crippen LogP contribution in [0.2, 0.25) is 0 Å². The minimum atomic E-state index is -2.95. The summed E-state index contributed by atoms with van der Waals surface area (Å²) in [7, 11) is 1.03. The fourth-order valence-electron chi connectivity index (χ4n) is 1.12. The summed E-state index contributed by atoms with van der Waals surface area (Å²) in [5.41, 5.74) is -0.0911. The molecule has 0 amide bonds. The molecule has 108 valence electrons. The fourth-order valence-corrected chi connectivity index (χ4v) is 1.12. The molecule has 0 saturated carbocycles. The molecule has 0 bridgehead atoms. The van der Waals surface area contributed by atoms with E-state index in [0.717, 1.165) is 19.2 Å². The van der Waals surface area contributed by atoms with Crippen LogP contribution >= 0.6 is 0 Å². The molecule has 0 aliphatic heterocycles. The molecule has 1 rings (SSSR count). The van der Waals surface area contributed by atoms with Crippen LogP contribution in [0, 0.1) is 0 Å². The number of hydrogen-bond acceptors (Lipinski definition) is 4. The van der Waals surface area contributed by atoms with E-state index in [0.29, 0.717) is 0 Å². The van der Waals surface area contributed by atoms with Crippen LogP contribution in [0.25, 0.3) is 0 Å². The van der Waals surface area contributed by atoms with Crippen molar-refractivity contribution in [3.05, 3.63) is 29.8 Å². The van der Waals surface area contributed by atoms with Gasteiger partial charge in [0, 0.05) is 26.6 Å². The molecule has 19 heavy (non-hydrogen) atoms. The summed E-state index contributed by atoms with van der Waals surface area (Å²) in [6.45, 7) is -7.38. The van der Waals surface area contributed by atoms with Crippen molar-refractivity contribution >= 4 is 0 Å². The van der Waals surface area contributed by atoms with E-state index in [-0.39, 0.29) is 11.3 Å². The maximum absolute atomic E-state index is 10.1. The van der Waals surface area contributed by atoms with Crippen molar-refractivity contribution < 1.29 is 28.3 Å². The summed E-state index contributed by atoms with van der Waals surface area (Å²) >= 11 is 0. The van der Waals surface area contributed by atoms with Crippen molar-refractivity contribution in [2.45, 2.75) is 32.3 Å². The van der Waals surface area contributed by atoms with E-state index in [1.807, 2.05) is 0 Å². The van der Waals surface area contributed by atoms with Gasteiger partial charge in [-0.25, -0.2) is 0 Å². The van der Waals surface area contributed by atoms with Gasteiger partial charge in [-0.2, -0.15) is 0 Å². The Morgan fingerprint density at radius 1 is 1.47 bits per heavy atom. The highest BCUT2D eigenvalue weighted by Gasteiger charge is 2.05. The Hall–Kier alpha value is -1.10. The molecule has 4 heteroatoms. The average molecular weight is 277 g/mol. The molecule has 0 aliphatic carbocycles. The lowest BCUT2D eigenvalue weighted by atomic mass is 10.1. The van der Waals surface area contributed by atoms with Crippen molar-refractivity contribution in [1.29, 1.82) is 0 Å². The SMILES string of the molecule is [2H]C([2H])([2H])C(C)NCC([2H])(O)C([2H])([2H])Oc1ccc(C([2H])([2H])C([2H])([2H])OC)cc1. The first-order chi connectivity index (χ1) is 12.9. The molecule has 4 nitrogen and oxygen atoms in total. The predicted molar refractivity (Wildman–Crippen MR) is 76.7 cm³/mol. The van der Waals surface area contributed by atoms with Gasteiger partial charge in [0.05, 0.1) is 13.4 Å². The van der Waals surface area contributed by atoms with Crippen molar-refractivity contribution in [1.82, 2.24) is 5.32 Å². The number of aryl methyl sites for hydroxylation is 1. The lowest BCUT2D eigenvalue weighted by molar-refractivity contribution is 0.104. The van der Waals surface area contributed by atoms with Gasteiger partial charge in [-0.1, -0.05) is 25.9 Å². The third kappa shape index (κ3) is 7.15. The lowest BCUT2D eigenvalue weighted by Gasteiger charge is -2.15. The van der Waals surface area contributed by atoms with Crippen LogP contribution in [0.4, 0.5) is 0 Å². The van der Waals surface area contributed by atoms with E-state index >= 15 is 0 Å². The largest absolute Gasteiger partial charge is 0.491 e. The normalized spacial score (nSPS) is 26.5. The van der Waals surface area contributed by atoms with E-state index in [4.69, 9.17) is 18.4 Å². The molecule has 0 aromatic heterocycles. The van der Waals surface area contributed by atoms with Gasteiger partial charge >= 0.3 is 0 Å². The summed E-state index contributed by atoms with van der Waals surface area (Å²) in [5, 5.41) is 12.5. The van der Waals surface area contributed by atoms with Crippen LogP contribution in [0.15, 0.2) is 24.3 Å². The number of aliphatic hydroxyl groups is 1. The van der Waals surface area contributed by atoms with Crippen molar-refractivity contribution in [3.8, 4) is 5.75 Å². The molecule has 1 aromatic rings. The predicted octanol–water partition coefficient (Wildman–Crippen LogP) is 1.61. The van der Waals surface area contributed by atoms with E-state index in [1.165, 1.54) is 19.1 Å². The highest BCUT2D eigenvalue weighted by molar-refractivity contribution is 5.27. The lowest BCUT2D eigenvalue weighted by Crippen LogP contribution is -2.35. The molecule has 0 heterocycles. The first-order valence-electron chi connectivity index (χ1n) is 10.7. The number of ether oxygens (including phenoxy) is 2. The maximum atomic E-state index is 10.1. The fraction of sp³-hybridized carbons (Fsp3) is 0.600. The van der Waals surface area contributed by atoms with Crippen molar-refractivity contribution in [3.63, 3.8) is 0 Å². The van der Waals surface area contributed by atoms with Gasteiger partial charge in [0.2, 0.25) is 0 Å². The molecule has 1 aromatic carbocycles. The van der Waals surface area contributed by atoms with E-state index in [2.05, 4.69) is 10.1 Å². The molecule has 0 saturated heterocycles. The monoisotopic (exact) mass is 277 g/mol. The number of methoxy groups -OCH3 is 1. The van der Waals surface area contributed by atoms with Crippen LogP contribution in [-0.2, 0) is 11.1 Å². The van der Waals surface area contributed by atoms with Gasteiger partial charge in [-0.15, -0.1) is 0 Å². The highest BCUT2D eigenvalue weighted by atomic mass is 16.5. The van der Waals surface area contributed by atoms with Crippen LogP contribution in [0.5, 0.6) is 5.75 Å².